The van der Waals surface area contributed by atoms with Gasteiger partial charge in [-0.25, -0.2) is 0 Å². The Morgan fingerprint density at radius 3 is 2.35 bits per heavy atom. The maximum atomic E-state index is 12.1. The highest BCUT2D eigenvalue weighted by molar-refractivity contribution is 14.0. The van der Waals surface area contributed by atoms with E-state index in [1.807, 2.05) is 42.5 Å². The number of hydrogen-bond acceptors (Lipinski definition) is 3. The molecule has 31 heavy (non-hydrogen) atoms. The topological polar surface area (TPSA) is 58.5 Å². The van der Waals surface area contributed by atoms with Crippen LogP contribution in [0.2, 0.25) is 0 Å². The fraction of sp³-hybridized carbons (Fsp3) is 0.273. The van der Waals surface area contributed by atoms with E-state index in [0.717, 1.165) is 22.0 Å². The summed E-state index contributed by atoms with van der Waals surface area (Å²) in [6.45, 7) is -0.222. The van der Waals surface area contributed by atoms with Crippen molar-refractivity contribution in [2.45, 2.75) is 25.9 Å². The van der Waals surface area contributed by atoms with E-state index >= 15 is 0 Å². The van der Waals surface area contributed by atoms with Crippen LogP contribution in [0, 0.1) is 0 Å². The van der Waals surface area contributed by atoms with Gasteiger partial charge in [0.25, 0.3) is 0 Å². The standard InChI is InChI=1S/C22H23F3N4O.HI/c1-26-21(29-13-19-5-2-4-18-6-3-11-27-20(18)19)28-12-16-7-9-17(10-8-16)14-30-15-22(23,24)25;/h2-11H,12-15H2,1H3,(H2,26,28,29);1H. The van der Waals surface area contributed by atoms with Crippen LogP contribution in [0.15, 0.2) is 65.8 Å². The van der Waals surface area contributed by atoms with Crippen molar-refractivity contribution in [3.05, 3.63) is 77.5 Å². The fourth-order valence-electron chi connectivity index (χ4n) is 2.93. The second-order valence-electron chi connectivity index (χ2n) is 6.70. The lowest BCUT2D eigenvalue weighted by atomic mass is 10.1. The Labute approximate surface area is 196 Å². The lowest BCUT2D eigenvalue weighted by molar-refractivity contribution is -0.176. The van der Waals surface area contributed by atoms with Crippen LogP contribution in [0.5, 0.6) is 0 Å². The summed E-state index contributed by atoms with van der Waals surface area (Å²) in [5, 5.41) is 7.58. The monoisotopic (exact) mass is 544 g/mol. The van der Waals surface area contributed by atoms with Crippen LogP contribution in [-0.2, 0) is 24.4 Å². The lowest BCUT2D eigenvalue weighted by Gasteiger charge is -2.13. The Morgan fingerprint density at radius 1 is 0.968 bits per heavy atom. The number of nitrogens with zero attached hydrogens (tertiary/aromatic N) is 2. The van der Waals surface area contributed by atoms with Crippen molar-refractivity contribution in [3.8, 4) is 0 Å². The summed E-state index contributed by atoms with van der Waals surface area (Å²) in [5.41, 5.74) is 3.68. The number of ether oxygens (including phenoxy) is 1. The van der Waals surface area contributed by atoms with Gasteiger partial charge >= 0.3 is 6.18 Å². The minimum absolute atomic E-state index is 0. The smallest absolute Gasteiger partial charge is 0.367 e. The summed E-state index contributed by atoms with van der Waals surface area (Å²) in [5.74, 6) is 0.639. The normalized spacial score (nSPS) is 11.8. The summed E-state index contributed by atoms with van der Waals surface area (Å²) in [6, 6.07) is 17.2. The lowest BCUT2D eigenvalue weighted by Crippen LogP contribution is -2.36. The van der Waals surface area contributed by atoms with E-state index in [1.165, 1.54) is 0 Å². The number of rotatable bonds is 7. The van der Waals surface area contributed by atoms with E-state index in [2.05, 4.69) is 25.3 Å². The number of aromatic nitrogens is 1. The number of para-hydroxylation sites is 1. The predicted molar refractivity (Wildman–Crippen MR) is 126 cm³/mol. The maximum absolute atomic E-state index is 12.1. The predicted octanol–water partition coefficient (Wildman–Crippen LogP) is 4.80. The molecule has 0 aliphatic heterocycles. The van der Waals surface area contributed by atoms with E-state index in [9.17, 15) is 13.2 Å². The minimum Gasteiger partial charge on any atom is -0.367 e. The van der Waals surface area contributed by atoms with E-state index in [-0.39, 0.29) is 30.6 Å². The highest BCUT2D eigenvalue weighted by atomic mass is 127. The molecular formula is C22H24F3IN4O. The molecule has 0 bridgehead atoms. The van der Waals surface area contributed by atoms with Crippen LogP contribution < -0.4 is 10.6 Å². The number of nitrogens with one attached hydrogen (secondary N) is 2. The first kappa shape index (κ1) is 24.9. The number of fused-ring (bicyclic) bond motifs is 1. The number of aliphatic imine (C=N–C) groups is 1. The van der Waals surface area contributed by atoms with Crippen LogP contribution in [0.4, 0.5) is 13.2 Å². The first-order chi connectivity index (χ1) is 14.4. The molecule has 5 nitrogen and oxygen atoms in total. The van der Waals surface area contributed by atoms with Gasteiger partial charge in [0.1, 0.15) is 6.61 Å². The molecule has 0 radical (unpaired) electrons. The quantitative estimate of drug-likeness (QED) is 0.255. The zero-order chi connectivity index (χ0) is 21.4. The molecule has 0 saturated heterocycles. The third-order valence-electron chi connectivity index (χ3n) is 4.40. The summed E-state index contributed by atoms with van der Waals surface area (Å²) < 4.78 is 41.0. The van der Waals surface area contributed by atoms with E-state index in [0.29, 0.717) is 24.6 Å². The molecule has 9 heteroatoms. The number of guanidine groups is 1. The summed E-state index contributed by atoms with van der Waals surface area (Å²) in [6.07, 6.45) is -2.54. The molecule has 3 aromatic rings. The average Bonchev–Trinajstić information content (AvgIpc) is 2.74. The van der Waals surface area contributed by atoms with Gasteiger partial charge in [0.15, 0.2) is 5.96 Å². The highest BCUT2D eigenvalue weighted by Gasteiger charge is 2.27. The van der Waals surface area contributed by atoms with Gasteiger partial charge in [-0.05, 0) is 22.8 Å². The van der Waals surface area contributed by atoms with Gasteiger partial charge in [-0.2, -0.15) is 13.2 Å². The molecule has 0 aliphatic rings. The molecule has 0 aliphatic carbocycles. The molecule has 2 N–H and O–H groups in total. The fourth-order valence-corrected chi connectivity index (χ4v) is 2.93. The maximum Gasteiger partial charge on any atom is 0.411 e. The number of hydrogen-bond donors (Lipinski definition) is 2. The summed E-state index contributed by atoms with van der Waals surface area (Å²) in [7, 11) is 1.69. The third-order valence-corrected chi connectivity index (χ3v) is 4.40. The molecule has 3 rings (SSSR count). The van der Waals surface area contributed by atoms with Crippen molar-refractivity contribution in [2.24, 2.45) is 4.99 Å². The minimum atomic E-state index is -4.31. The van der Waals surface area contributed by atoms with Gasteiger partial charge in [-0.1, -0.05) is 48.5 Å². The first-order valence-electron chi connectivity index (χ1n) is 9.44. The highest BCUT2D eigenvalue weighted by Crippen LogP contribution is 2.16. The van der Waals surface area contributed by atoms with Crippen LogP contribution in [0.3, 0.4) is 0 Å². The molecule has 0 unspecified atom stereocenters. The van der Waals surface area contributed by atoms with Gasteiger partial charge in [0, 0.05) is 31.7 Å². The second kappa shape index (κ2) is 11.8. The Bertz CT molecular complexity index is 989. The van der Waals surface area contributed by atoms with Crippen LogP contribution in [-0.4, -0.2) is 30.8 Å². The van der Waals surface area contributed by atoms with Gasteiger partial charge < -0.3 is 15.4 Å². The van der Waals surface area contributed by atoms with Crippen molar-refractivity contribution in [2.75, 3.05) is 13.7 Å². The van der Waals surface area contributed by atoms with Gasteiger partial charge in [0.2, 0.25) is 0 Å². The SMILES string of the molecule is CN=C(NCc1ccc(COCC(F)(F)F)cc1)NCc1cccc2cccnc12.I. The molecule has 0 atom stereocenters. The molecule has 0 amide bonds. The van der Waals surface area contributed by atoms with Crippen molar-refractivity contribution in [3.63, 3.8) is 0 Å². The molecule has 0 saturated carbocycles. The Hall–Kier alpha value is -2.40. The number of alkyl halides is 3. The molecule has 2 aromatic carbocycles. The first-order valence-corrected chi connectivity index (χ1v) is 9.44. The number of pyridine rings is 1. The van der Waals surface area contributed by atoms with Crippen LogP contribution >= 0.6 is 24.0 Å². The van der Waals surface area contributed by atoms with E-state index < -0.39 is 12.8 Å². The second-order valence-corrected chi connectivity index (χ2v) is 6.70. The molecule has 1 heterocycles. The van der Waals surface area contributed by atoms with E-state index in [1.54, 1.807) is 25.4 Å². The zero-order valence-electron chi connectivity index (χ0n) is 16.9. The third kappa shape index (κ3) is 7.98. The van der Waals surface area contributed by atoms with Crippen molar-refractivity contribution < 1.29 is 17.9 Å². The molecular weight excluding hydrogens is 520 g/mol. The van der Waals surface area contributed by atoms with Crippen molar-refractivity contribution >= 4 is 40.8 Å². The summed E-state index contributed by atoms with van der Waals surface area (Å²) >= 11 is 0. The zero-order valence-corrected chi connectivity index (χ0v) is 19.3. The van der Waals surface area contributed by atoms with Gasteiger partial charge in [-0.3, -0.25) is 9.98 Å². The summed E-state index contributed by atoms with van der Waals surface area (Å²) in [4.78, 5) is 8.68. The average molecular weight is 544 g/mol. The Morgan fingerprint density at radius 2 is 1.65 bits per heavy atom. The van der Waals surface area contributed by atoms with Gasteiger partial charge in [0.05, 0.1) is 12.1 Å². The molecule has 1 aromatic heterocycles. The Kier molecular flexibility index (Phi) is 9.50. The molecule has 166 valence electrons. The van der Waals surface area contributed by atoms with Gasteiger partial charge in [-0.15, -0.1) is 24.0 Å². The Balaban J connectivity index is 0.00000341. The molecule has 0 fully saturated rings. The number of halogens is 4. The van der Waals surface area contributed by atoms with E-state index in [4.69, 9.17) is 0 Å². The van der Waals surface area contributed by atoms with Crippen LogP contribution in [0.25, 0.3) is 10.9 Å². The van der Waals surface area contributed by atoms with Crippen molar-refractivity contribution in [1.29, 1.82) is 0 Å². The molecule has 0 spiro atoms. The largest absolute Gasteiger partial charge is 0.411 e. The van der Waals surface area contributed by atoms with Crippen LogP contribution in [0.1, 0.15) is 16.7 Å². The number of benzene rings is 2. The van der Waals surface area contributed by atoms with Crippen molar-refractivity contribution in [1.82, 2.24) is 15.6 Å².